The maximum Gasteiger partial charge on any atom is 0.107 e. The predicted molar refractivity (Wildman–Crippen MR) is 40.0 cm³/mol. The molecule has 2 rings (SSSR count). The van der Waals surface area contributed by atoms with Gasteiger partial charge < -0.3 is 4.42 Å². The Morgan fingerprint density at radius 1 is 1.50 bits per heavy atom. The summed E-state index contributed by atoms with van der Waals surface area (Å²) in [5.41, 5.74) is 0. The first-order valence-corrected chi connectivity index (χ1v) is 3.83. The molecule has 1 heteroatoms. The minimum Gasteiger partial charge on any atom is -0.466 e. The van der Waals surface area contributed by atoms with Crippen molar-refractivity contribution in [3.63, 3.8) is 0 Å². The molecule has 1 aromatic rings. The summed E-state index contributed by atoms with van der Waals surface area (Å²) in [6.07, 6.45) is 1.31. The maximum atomic E-state index is 5.48. The Hall–Kier alpha value is -0.720. The van der Waals surface area contributed by atoms with Crippen molar-refractivity contribution >= 4 is 0 Å². The number of aryl methyl sites for hydroxylation is 1. The third-order valence-corrected chi connectivity index (χ3v) is 2.24. The van der Waals surface area contributed by atoms with Gasteiger partial charge in [-0.2, -0.15) is 0 Å². The Labute approximate surface area is 61.0 Å². The number of furan rings is 1. The van der Waals surface area contributed by atoms with E-state index in [4.69, 9.17) is 4.42 Å². The van der Waals surface area contributed by atoms with Gasteiger partial charge >= 0.3 is 0 Å². The van der Waals surface area contributed by atoms with Crippen molar-refractivity contribution in [1.29, 1.82) is 0 Å². The molecule has 0 aromatic carbocycles. The first-order valence-electron chi connectivity index (χ1n) is 3.83. The van der Waals surface area contributed by atoms with Crippen molar-refractivity contribution in [2.75, 3.05) is 0 Å². The molecule has 0 radical (unpaired) electrons. The van der Waals surface area contributed by atoms with Gasteiger partial charge in [-0.05, 0) is 31.4 Å². The van der Waals surface area contributed by atoms with E-state index in [-0.39, 0.29) is 0 Å². The molecule has 10 heavy (non-hydrogen) atoms. The van der Waals surface area contributed by atoms with E-state index in [1.54, 1.807) is 0 Å². The van der Waals surface area contributed by atoms with Crippen LogP contribution >= 0.6 is 0 Å². The van der Waals surface area contributed by atoms with Gasteiger partial charge in [0.25, 0.3) is 0 Å². The lowest BCUT2D eigenvalue weighted by Crippen LogP contribution is -1.73. The third-order valence-electron chi connectivity index (χ3n) is 2.24. The fraction of sp³-hybridized carbons (Fsp3) is 0.556. The SMILES string of the molecule is Cc1ccc(C2CC2C)o1. The smallest absolute Gasteiger partial charge is 0.107 e. The first kappa shape index (κ1) is 6.02. The summed E-state index contributed by atoms with van der Waals surface area (Å²) in [6.45, 7) is 4.26. The molecule has 0 spiro atoms. The van der Waals surface area contributed by atoms with Crippen LogP contribution in [-0.2, 0) is 0 Å². The predicted octanol–water partition coefficient (Wildman–Crippen LogP) is 2.71. The normalized spacial score (nSPS) is 30.6. The fourth-order valence-electron chi connectivity index (χ4n) is 1.37. The molecule has 1 saturated carbocycles. The zero-order chi connectivity index (χ0) is 7.14. The average Bonchev–Trinajstić information content (AvgIpc) is 2.42. The summed E-state index contributed by atoms with van der Waals surface area (Å²) in [7, 11) is 0. The van der Waals surface area contributed by atoms with Crippen LogP contribution in [0.15, 0.2) is 16.5 Å². The van der Waals surface area contributed by atoms with Crippen molar-refractivity contribution in [1.82, 2.24) is 0 Å². The third kappa shape index (κ3) is 0.859. The highest BCUT2D eigenvalue weighted by atomic mass is 16.3. The lowest BCUT2D eigenvalue weighted by atomic mass is 10.3. The van der Waals surface area contributed by atoms with E-state index in [0.717, 1.165) is 17.6 Å². The molecule has 54 valence electrons. The highest BCUT2D eigenvalue weighted by Gasteiger charge is 2.36. The van der Waals surface area contributed by atoms with Crippen LogP contribution in [0.25, 0.3) is 0 Å². The molecule has 1 aliphatic carbocycles. The topological polar surface area (TPSA) is 13.1 Å². The molecule has 1 aromatic heterocycles. The molecule has 1 nitrogen and oxygen atoms in total. The monoisotopic (exact) mass is 136 g/mol. The number of hydrogen-bond donors (Lipinski definition) is 0. The zero-order valence-electron chi connectivity index (χ0n) is 6.42. The van der Waals surface area contributed by atoms with Gasteiger partial charge in [-0.25, -0.2) is 0 Å². The number of hydrogen-bond acceptors (Lipinski definition) is 1. The summed E-state index contributed by atoms with van der Waals surface area (Å²) in [5, 5.41) is 0. The van der Waals surface area contributed by atoms with Crippen LogP contribution in [0, 0.1) is 12.8 Å². The molecule has 1 heterocycles. The van der Waals surface area contributed by atoms with E-state index in [9.17, 15) is 0 Å². The minimum absolute atomic E-state index is 0.730. The summed E-state index contributed by atoms with van der Waals surface area (Å²) in [5.74, 6) is 3.80. The van der Waals surface area contributed by atoms with Crippen LogP contribution in [-0.4, -0.2) is 0 Å². The second-order valence-electron chi connectivity index (χ2n) is 3.27. The molecular weight excluding hydrogens is 124 g/mol. The van der Waals surface area contributed by atoms with Gasteiger partial charge in [0.1, 0.15) is 11.5 Å². The van der Waals surface area contributed by atoms with E-state index >= 15 is 0 Å². The Bertz CT molecular complexity index is 237. The molecule has 1 aliphatic rings. The van der Waals surface area contributed by atoms with Crippen molar-refractivity contribution < 1.29 is 4.42 Å². The van der Waals surface area contributed by atoms with Gasteiger partial charge in [0.2, 0.25) is 0 Å². The van der Waals surface area contributed by atoms with Crippen molar-refractivity contribution in [3.05, 3.63) is 23.7 Å². The van der Waals surface area contributed by atoms with Gasteiger partial charge in [-0.3, -0.25) is 0 Å². The Morgan fingerprint density at radius 3 is 2.60 bits per heavy atom. The fourth-order valence-corrected chi connectivity index (χ4v) is 1.37. The summed E-state index contributed by atoms with van der Waals surface area (Å²) in [4.78, 5) is 0. The Balaban J connectivity index is 2.20. The Morgan fingerprint density at radius 2 is 2.20 bits per heavy atom. The van der Waals surface area contributed by atoms with Crippen LogP contribution < -0.4 is 0 Å². The lowest BCUT2D eigenvalue weighted by molar-refractivity contribution is 0.480. The maximum absolute atomic E-state index is 5.48. The van der Waals surface area contributed by atoms with E-state index < -0.39 is 0 Å². The molecule has 0 N–H and O–H groups in total. The van der Waals surface area contributed by atoms with Gasteiger partial charge in [0, 0.05) is 5.92 Å². The minimum atomic E-state index is 0.730. The molecule has 0 amide bonds. The van der Waals surface area contributed by atoms with Crippen molar-refractivity contribution in [2.24, 2.45) is 5.92 Å². The molecule has 0 aliphatic heterocycles. The van der Waals surface area contributed by atoms with Crippen LogP contribution in [0.2, 0.25) is 0 Å². The molecule has 0 bridgehead atoms. The highest BCUT2D eigenvalue weighted by molar-refractivity contribution is 5.16. The van der Waals surface area contributed by atoms with E-state index in [1.165, 1.54) is 12.2 Å². The second-order valence-corrected chi connectivity index (χ2v) is 3.27. The van der Waals surface area contributed by atoms with E-state index in [2.05, 4.69) is 13.0 Å². The summed E-state index contributed by atoms with van der Waals surface area (Å²) >= 11 is 0. The summed E-state index contributed by atoms with van der Waals surface area (Å²) in [6, 6.07) is 4.14. The van der Waals surface area contributed by atoms with Crippen LogP contribution in [0.4, 0.5) is 0 Å². The quantitative estimate of drug-likeness (QED) is 0.578. The van der Waals surface area contributed by atoms with Crippen molar-refractivity contribution in [2.45, 2.75) is 26.2 Å². The van der Waals surface area contributed by atoms with Crippen LogP contribution in [0.3, 0.4) is 0 Å². The summed E-state index contributed by atoms with van der Waals surface area (Å²) < 4.78 is 5.48. The Kier molecular flexibility index (Phi) is 1.13. The van der Waals surface area contributed by atoms with Gasteiger partial charge in [0.15, 0.2) is 0 Å². The second kappa shape index (κ2) is 1.88. The molecule has 2 atom stereocenters. The van der Waals surface area contributed by atoms with Gasteiger partial charge in [-0.15, -0.1) is 0 Å². The van der Waals surface area contributed by atoms with Gasteiger partial charge in [0.05, 0.1) is 0 Å². The molecule has 2 unspecified atom stereocenters. The van der Waals surface area contributed by atoms with E-state index in [0.29, 0.717) is 0 Å². The average molecular weight is 136 g/mol. The van der Waals surface area contributed by atoms with Crippen LogP contribution in [0.5, 0.6) is 0 Å². The lowest BCUT2D eigenvalue weighted by Gasteiger charge is -1.88. The largest absolute Gasteiger partial charge is 0.466 e. The standard InChI is InChI=1S/C9H12O/c1-6-5-8(6)9-4-3-7(2)10-9/h3-4,6,8H,5H2,1-2H3. The first-order chi connectivity index (χ1) is 4.77. The molecule has 0 saturated heterocycles. The molecule has 1 fully saturated rings. The van der Waals surface area contributed by atoms with Crippen LogP contribution in [0.1, 0.15) is 30.8 Å². The van der Waals surface area contributed by atoms with Crippen molar-refractivity contribution in [3.8, 4) is 0 Å². The number of rotatable bonds is 1. The van der Waals surface area contributed by atoms with Gasteiger partial charge in [-0.1, -0.05) is 6.92 Å². The zero-order valence-corrected chi connectivity index (χ0v) is 6.42. The highest BCUT2D eigenvalue weighted by Crippen LogP contribution is 2.47. The van der Waals surface area contributed by atoms with E-state index in [1.807, 2.05) is 13.0 Å². The molecular formula is C9H12O.